The highest BCUT2D eigenvalue weighted by atomic mass is 35.5. The number of nitrogens with one attached hydrogen (secondary N) is 2. The van der Waals surface area contributed by atoms with Gasteiger partial charge in [-0.05, 0) is 43.2 Å². The van der Waals surface area contributed by atoms with Crippen molar-refractivity contribution in [2.75, 3.05) is 36.0 Å². The topological polar surface area (TPSA) is 112 Å². The Balaban J connectivity index is 1.40. The summed E-state index contributed by atoms with van der Waals surface area (Å²) in [6.45, 7) is 2.27. The highest BCUT2D eigenvalue weighted by Gasteiger charge is 2.25. The molecular weight excluding hydrogens is 490 g/mol. The zero-order chi connectivity index (χ0) is 24.4. The minimum absolute atomic E-state index is 0.0580. The van der Waals surface area contributed by atoms with Crippen molar-refractivity contribution in [2.45, 2.75) is 25.8 Å². The first kappa shape index (κ1) is 23.3. The molecule has 1 aromatic carbocycles. The maximum Gasteiger partial charge on any atom is 0.261 e. The molecule has 5 rings (SSSR count). The minimum atomic E-state index is -0.230. The van der Waals surface area contributed by atoms with Crippen LogP contribution >= 0.6 is 22.9 Å². The summed E-state index contributed by atoms with van der Waals surface area (Å²) in [5.74, 6) is -0.179. The number of anilines is 2. The van der Waals surface area contributed by atoms with Crippen LogP contribution < -0.4 is 20.4 Å². The number of hydrogen-bond donors (Lipinski definition) is 2. The first-order chi connectivity index (χ1) is 17.0. The van der Waals surface area contributed by atoms with Crippen LogP contribution in [0.4, 0.5) is 11.4 Å². The van der Waals surface area contributed by atoms with E-state index in [0.29, 0.717) is 41.0 Å². The lowest BCUT2D eigenvalue weighted by Crippen LogP contribution is -2.48. The Hall–Kier alpha value is -3.44. The number of halogens is 1. The molecule has 2 aliphatic rings. The zero-order valence-corrected chi connectivity index (χ0v) is 20.4. The maximum absolute atomic E-state index is 12.5. The van der Waals surface area contributed by atoms with Crippen molar-refractivity contribution in [2.24, 2.45) is 0 Å². The van der Waals surface area contributed by atoms with E-state index < -0.39 is 0 Å². The molecule has 4 heterocycles. The number of thiophene rings is 1. The molecular formula is C23H24ClN7O3S. The van der Waals surface area contributed by atoms with Crippen molar-refractivity contribution in [3.63, 3.8) is 0 Å². The summed E-state index contributed by atoms with van der Waals surface area (Å²) in [4.78, 5) is 41.2. The van der Waals surface area contributed by atoms with Gasteiger partial charge in [0.25, 0.3) is 5.91 Å². The summed E-state index contributed by atoms with van der Waals surface area (Å²) in [6.07, 6.45) is 4.16. The van der Waals surface area contributed by atoms with Gasteiger partial charge < -0.3 is 20.4 Å². The van der Waals surface area contributed by atoms with Crippen molar-refractivity contribution >= 4 is 52.0 Å². The third kappa shape index (κ3) is 5.15. The number of benzene rings is 1. The molecule has 0 bridgehead atoms. The fourth-order valence-electron chi connectivity index (χ4n) is 4.24. The van der Waals surface area contributed by atoms with Crippen LogP contribution in [-0.2, 0) is 16.1 Å². The average Bonchev–Trinajstić information content (AvgIpc) is 3.52. The van der Waals surface area contributed by atoms with Crippen molar-refractivity contribution in [3.05, 3.63) is 51.4 Å². The molecule has 0 unspecified atom stereocenters. The molecule has 35 heavy (non-hydrogen) atoms. The summed E-state index contributed by atoms with van der Waals surface area (Å²) in [5, 5.41) is 14.1. The highest BCUT2D eigenvalue weighted by molar-refractivity contribution is 7.18. The molecule has 2 fully saturated rings. The Morgan fingerprint density at radius 2 is 2.03 bits per heavy atom. The molecule has 0 aliphatic carbocycles. The summed E-state index contributed by atoms with van der Waals surface area (Å²) in [6, 6.07) is 9.09. The van der Waals surface area contributed by atoms with Crippen LogP contribution in [0.25, 0.3) is 5.69 Å². The molecule has 2 saturated heterocycles. The van der Waals surface area contributed by atoms with Crippen LogP contribution in [0.3, 0.4) is 0 Å². The summed E-state index contributed by atoms with van der Waals surface area (Å²) in [7, 11) is 0. The Morgan fingerprint density at radius 3 is 2.80 bits per heavy atom. The molecule has 12 heteroatoms. The number of piperazine rings is 1. The second-order valence-corrected chi connectivity index (χ2v) is 10.1. The highest BCUT2D eigenvalue weighted by Crippen LogP contribution is 2.32. The SMILES string of the molecule is O=C1CN(c2cc(N3CCCCC3=O)ccc2-n2cc(CNC(=O)c3ccc(Cl)s3)nn2)CCN1. The first-order valence-electron chi connectivity index (χ1n) is 11.4. The molecule has 2 aromatic heterocycles. The molecule has 2 aliphatic heterocycles. The van der Waals surface area contributed by atoms with Gasteiger partial charge in [-0.3, -0.25) is 14.4 Å². The van der Waals surface area contributed by atoms with Gasteiger partial charge in [0.15, 0.2) is 0 Å². The predicted molar refractivity (Wildman–Crippen MR) is 133 cm³/mol. The third-order valence-electron chi connectivity index (χ3n) is 5.99. The van der Waals surface area contributed by atoms with Gasteiger partial charge in [-0.1, -0.05) is 16.8 Å². The Labute approximate surface area is 210 Å². The van der Waals surface area contributed by atoms with Gasteiger partial charge in [0.2, 0.25) is 11.8 Å². The van der Waals surface area contributed by atoms with E-state index in [4.69, 9.17) is 11.6 Å². The van der Waals surface area contributed by atoms with Crippen molar-refractivity contribution in [1.82, 2.24) is 25.6 Å². The van der Waals surface area contributed by atoms with Gasteiger partial charge in [-0.15, -0.1) is 16.4 Å². The largest absolute Gasteiger partial charge is 0.359 e. The van der Waals surface area contributed by atoms with E-state index in [0.717, 1.165) is 29.9 Å². The molecule has 2 N–H and O–H groups in total. The fourth-order valence-corrected chi connectivity index (χ4v) is 5.20. The number of amides is 3. The van der Waals surface area contributed by atoms with E-state index in [2.05, 4.69) is 20.9 Å². The molecule has 182 valence electrons. The molecule has 0 atom stereocenters. The number of piperidine rings is 1. The van der Waals surface area contributed by atoms with E-state index in [1.54, 1.807) is 27.9 Å². The van der Waals surface area contributed by atoms with Crippen LogP contribution in [0.15, 0.2) is 36.5 Å². The lowest BCUT2D eigenvalue weighted by molar-refractivity contribution is -0.120. The van der Waals surface area contributed by atoms with E-state index in [1.165, 1.54) is 11.3 Å². The van der Waals surface area contributed by atoms with Crippen LogP contribution in [0, 0.1) is 0 Å². The van der Waals surface area contributed by atoms with Gasteiger partial charge in [-0.25, -0.2) is 4.68 Å². The van der Waals surface area contributed by atoms with Crippen LogP contribution in [0.5, 0.6) is 0 Å². The smallest absolute Gasteiger partial charge is 0.261 e. The normalized spacial score (nSPS) is 16.4. The molecule has 0 spiro atoms. The molecule has 0 radical (unpaired) electrons. The van der Waals surface area contributed by atoms with Crippen molar-refractivity contribution in [3.8, 4) is 5.69 Å². The molecule has 3 aromatic rings. The zero-order valence-electron chi connectivity index (χ0n) is 18.9. The minimum Gasteiger partial charge on any atom is -0.359 e. The number of carbonyl (C=O) groups excluding carboxylic acids is 3. The maximum atomic E-state index is 12.5. The number of rotatable bonds is 6. The molecule has 0 saturated carbocycles. The number of aromatic nitrogens is 3. The van der Waals surface area contributed by atoms with Gasteiger partial charge in [0, 0.05) is 31.7 Å². The summed E-state index contributed by atoms with van der Waals surface area (Å²) in [5.41, 5.74) is 2.92. The lowest BCUT2D eigenvalue weighted by atomic mass is 10.1. The lowest BCUT2D eigenvalue weighted by Gasteiger charge is -2.32. The second kappa shape index (κ2) is 10.0. The van der Waals surface area contributed by atoms with Gasteiger partial charge in [0.1, 0.15) is 5.69 Å². The van der Waals surface area contributed by atoms with E-state index in [9.17, 15) is 14.4 Å². The monoisotopic (exact) mass is 513 g/mol. The summed E-state index contributed by atoms with van der Waals surface area (Å²) >= 11 is 7.12. The first-order valence-corrected chi connectivity index (χ1v) is 12.6. The van der Waals surface area contributed by atoms with E-state index >= 15 is 0 Å². The molecule has 10 nitrogen and oxygen atoms in total. The van der Waals surface area contributed by atoms with E-state index in [1.807, 2.05) is 23.1 Å². The van der Waals surface area contributed by atoms with Crippen LogP contribution in [-0.4, -0.2) is 58.9 Å². The van der Waals surface area contributed by atoms with Crippen LogP contribution in [0.1, 0.15) is 34.6 Å². The Kier molecular flexibility index (Phi) is 6.69. The Bertz CT molecular complexity index is 1270. The fraction of sp³-hybridized carbons (Fsp3) is 0.348. The Morgan fingerprint density at radius 1 is 1.14 bits per heavy atom. The quantitative estimate of drug-likeness (QED) is 0.523. The number of nitrogens with zero attached hydrogens (tertiary/aromatic N) is 5. The predicted octanol–water partition coefficient (Wildman–Crippen LogP) is 2.37. The third-order valence-corrected chi connectivity index (χ3v) is 7.22. The second-order valence-electron chi connectivity index (χ2n) is 8.39. The van der Waals surface area contributed by atoms with Gasteiger partial charge in [-0.2, -0.15) is 0 Å². The van der Waals surface area contributed by atoms with Gasteiger partial charge >= 0.3 is 0 Å². The summed E-state index contributed by atoms with van der Waals surface area (Å²) < 4.78 is 2.18. The van der Waals surface area contributed by atoms with E-state index in [-0.39, 0.29) is 30.8 Å². The number of hydrogen-bond acceptors (Lipinski definition) is 7. The van der Waals surface area contributed by atoms with Crippen molar-refractivity contribution < 1.29 is 14.4 Å². The number of carbonyl (C=O) groups is 3. The molecule has 3 amide bonds. The average molecular weight is 514 g/mol. The van der Waals surface area contributed by atoms with Crippen LogP contribution in [0.2, 0.25) is 4.34 Å². The van der Waals surface area contributed by atoms with Gasteiger partial charge in [0.05, 0.1) is 39.9 Å². The van der Waals surface area contributed by atoms with Crippen molar-refractivity contribution in [1.29, 1.82) is 0 Å². The standard InChI is InChI=1S/C23H24ClN7O3S/c24-20-7-6-19(35-20)23(34)26-12-15-13-31(28-27-15)17-5-4-16(30-9-2-1-3-22(30)33)11-18(17)29-10-8-25-21(32)14-29/h4-7,11,13H,1-3,8-10,12,14H2,(H,25,32)(H,26,34).